The number of nitrogens with two attached hydrogens (primary N) is 1. The van der Waals surface area contributed by atoms with Crippen LogP contribution in [0.5, 0.6) is 0 Å². The fraction of sp³-hybridized carbons (Fsp3) is 0.0556. The van der Waals surface area contributed by atoms with Gasteiger partial charge in [0.2, 0.25) is 0 Å². The topological polar surface area (TPSA) is 68.9 Å². The number of nitrogens with zero attached hydrogens (tertiary/aromatic N) is 2. The zero-order valence-electron chi connectivity index (χ0n) is 12.9. The van der Waals surface area contributed by atoms with Crippen LogP contribution in [0.25, 0.3) is 20.5 Å². The number of amides is 1. The molecule has 0 aliphatic rings. The van der Waals surface area contributed by atoms with Gasteiger partial charge in [0.15, 0.2) is 5.69 Å². The Morgan fingerprint density at radius 1 is 1.16 bits per heavy atom. The SMILES string of the molecule is NC(=O)c1nnc(Cc2ccsc2)c2cc(-c3ccc(Br)cc3)sc12. The minimum atomic E-state index is -0.552. The van der Waals surface area contributed by atoms with Crippen molar-refractivity contribution in [1.82, 2.24) is 10.2 Å². The van der Waals surface area contributed by atoms with Gasteiger partial charge in [-0.15, -0.1) is 16.4 Å². The van der Waals surface area contributed by atoms with Crippen molar-refractivity contribution < 1.29 is 4.79 Å². The van der Waals surface area contributed by atoms with Gasteiger partial charge in [0.25, 0.3) is 5.91 Å². The third-order valence-corrected chi connectivity index (χ3v) is 6.29. The lowest BCUT2D eigenvalue weighted by Gasteiger charge is -2.02. The van der Waals surface area contributed by atoms with Gasteiger partial charge in [-0.2, -0.15) is 16.4 Å². The second-order valence-corrected chi connectivity index (χ2v) is 8.28. The maximum atomic E-state index is 11.8. The molecule has 0 fully saturated rings. The third-order valence-electron chi connectivity index (χ3n) is 3.84. The maximum absolute atomic E-state index is 11.8. The Kier molecular flexibility index (Phi) is 4.37. The highest BCUT2D eigenvalue weighted by atomic mass is 79.9. The summed E-state index contributed by atoms with van der Waals surface area (Å²) in [6.45, 7) is 0. The van der Waals surface area contributed by atoms with Crippen LogP contribution in [0, 0.1) is 0 Å². The number of carbonyl (C=O) groups is 1. The molecule has 1 aromatic carbocycles. The summed E-state index contributed by atoms with van der Waals surface area (Å²) in [4.78, 5) is 12.8. The lowest BCUT2D eigenvalue weighted by molar-refractivity contribution is 0.0996. The Balaban J connectivity index is 1.88. The molecule has 124 valence electrons. The van der Waals surface area contributed by atoms with Crippen molar-refractivity contribution >= 4 is 54.6 Å². The molecule has 0 spiro atoms. The number of carbonyl (C=O) groups excluding carboxylic acids is 1. The Hall–Kier alpha value is -2.09. The molecule has 3 heterocycles. The van der Waals surface area contributed by atoms with Gasteiger partial charge < -0.3 is 5.73 Å². The molecule has 0 aliphatic carbocycles. The van der Waals surface area contributed by atoms with Crippen LogP contribution in [0.2, 0.25) is 0 Å². The van der Waals surface area contributed by atoms with E-state index < -0.39 is 5.91 Å². The van der Waals surface area contributed by atoms with Gasteiger partial charge >= 0.3 is 0 Å². The standard InChI is InChI=1S/C18H12BrN3OS2/c19-12-3-1-11(2-4-12)15-8-13-14(7-10-5-6-24-9-10)21-22-16(18(20)23)17(13)25-15/h1-6,8-9H,7H2,(H2,20,23). The molecule has 0 bridgehead atoms. The summed E-state index contributed by atoms with van der Waals surface area (Å²) < 4.78 is 1.82. The van der Waals surface area contributed by atoms with Gasteiger partial charge in [-0.25, -0.2) is 0 Å². The van der Waals surface area contributed by atoms with E-state index in [2.05, 4.69) is 43.6 Å². The van der Waals surface area contributed by atoms with Crippen molar-refractivity contribution in [2.45, 2.75) is 6.42 Å². The van der Waals surface area contributed by atoms with Gasteiger partial charge in [-0.3, -0.25) is 4.79 Å². The van der Waals surface area contributed by atoms with E-state index in [0.717, 1.165) is 30.7 Å². The van der Waals surface area contributed by atoms with Crippen molar-refractivity contribution in [3.8, 4) is 10.4 Å². The second-order valence-electron chi connectivity index (χ2n) is 5.53. The predicted octanol–water partition coefficient (Wildman–Crippen LogP) is 4.87. The summed E-state index contributed by atoms with van der Waals surface area (Å²) in [5, 5.41) is 13.4. The Morgan fingerprint density at radius 3 is 2.64 bits per heavy atom. The number of halogens is 1. The fourth-order valence-corrected chi connectivity index (χ4v) is 4.73. The summed E-state index contributed by atoms with van der Waals surface area (Å²) >= 11 is 6.62. The number of benzene rings is 1. The maximum Gasteiger partial charge on any atom is 0.270 e. The molecular formula is C18H12BrN3OS2. The highest BCUT2D eigenvalue weighted by molar-refractivity contribution is 9.10. The van der Waals surface area contributed by atoms with E-state index in [1.54, 1.807) is 11.3 Å². The summed E-state index contributed by atoms with van der Waals surface area (Å²) in [7, 11) is 0. The number of fused-ring (bicyclic) bond motifs is 1. The van der Waals surface area contributed by atoms with E-state index in [1.165, 1.54) is 16.9 Å². The van der Waals surface area contributed by atoms with Gasteiger partial charge in [0.05, 0.1) is 10.4 Å². The molecule has 0 aliphatic heterocycles. The van der Waals surface area contributed by atoms with Crippen LogP contribution in [0.3, 0.4) is 0 Å². The molecule has 3 aromatic heterocycles. The van der Waals surface area contributed by atoms with Gasteiger partial charge in [0.1, 0.15) is 0 Å². The number of rotatable bonds is 4. The van der Waals surface area contributed by atoms with Crippen LogP contribution < -0.4 is 5.73 Å². The predicted molar refractivity (Wildman–Crippen MR) is 106 cm³/mol. The van der Waals surface area contributed by atoms with E-state index in [9.17, 15) is 4.79 Å². The summed E-state index contributed by atoms with van der Waals surface area (Å²) in [6, 6.07) is 12.2. The number of hydrogen-bond donors (Lipinski definition) is 1. The summed E-state index contributed by atoms with van der Waals surface area (Å²) in [6.07, 6.45) is 0.683. The largest absolute Gasteiger partial charge is 0.364 e. The monoisotopic (exact) mass is 429 g/mol. The van der Waals surface area contributed by atoms with Gasteiger partial charge in [-0.05, 0) is 46.2 Å². The highest BCUT2D eigenvalue weighted by Crippen LogP contribution is 2.36. The molecule has 2 N–H and O–H groups in total. The molecule has 1 amide bonds. The van der Waals surface area contributed by atoms with Crippen LogP contribution in [-0.4, -0.2) is 16.1 Å². The first kappa shape index (κ1) is 16.4. The van der Waals surface area contributed by atoms with Crippen molar-refractivity contribution in [3.63, 3.8) is 0 Å². The molecule has 4 rings (SSSR count). The molecule has 4 aromatic rings. The third kappa shape index (κ3) is 3.22. The molecule has 0 saturated carbocycles. The Bertz CT molecular complexity index is 1060. The lowest BCUT2D eigenvalue weighted by Crippen LogP contribution is -2.14. The molecule has 25 heavy (non-hydrogen) atoms. The van der Waals surface area contributed by atoms with Crippen molar-refractivity contribution in [2.75, 3.05) is 0 Å². The number of primary amides is 1. The highest BCUT2D eigenvalue weighted by Gasteiger charge is 2.18. The molecule has 4 nitrogen and oxygen atoms in total. The average Bonchev–Trinajstić information content (AvgIpc) is 3.25. The Morgan fingerprint density at radius 2 is 1.96 bits per heavy atom. The number of aromatic nitrogens is 2. The van der Waals surface area contributed by atoms with Gasteiger partial charge in [-0.1, -0.05) is 28.1 Å². The Labute approximate surface area is 160 Å². The quantitative estimate of drug-likeness (QED) is 0.502. The van der Waals surface area contributed by atoms with E-state index in [-0.39, 0.29) is 5.69 Å². The lowest BCUT2D eigenvalue weighted by atomic mass is 10.1. The number of hydrogen-bond acceptors (Lipinski definition) is 5. The molecule has 0 atom stereocenters. The minimum absolute atomic E-state index is 0.234. The first-order chi connectivity index (χ1) is 12.1. The molecule has 0 unspecified atom stereocenters. The van der Waals surface area contributed by atoms with Crippen LogP contribution in [-0.2, 0) is 6.42 Å². The average molecular weight is 430 g/mol. The van der Waals surface area contributed by atoms with Crippen LogP contribution in [0.15, 0.2) is 51.6 Å². The van der Waals surface area contributed by atoms with E-state index in [4.69, 9.17) is 5.73 Å². The van der Waals surface area contributed by atoms with E-state index in [1.807, 2.05) is 29.6 Å². The van der Waals surface area contributed by atoms with Crippen molar-refractivity contribution in [2.24, 2.45) is 5.73 Å². The van der Waals surface area contributed by atoms with Gasteiger partial charge in [0, 0.05) is 21.2 Å². The summed E-state index contributed by atoms with van der Waals surface area (Å²) in [5.74, 6) is -0.552. The van der Waals surface area contributed by atoms with Crippen molar-refractivity contribution in [1.29, 1.82) is 0 Å². The molecular weight excluding hydrogens is 418 g/mol. The summed E-state index contributed by atoms with van der Waals surface area (Å²) in [5.41, 5.74) is 8.86. The normalized spacial score (nSPS) is 11.1. The first-order valence-electron chi connectivity index (χ1n) is 7.48. The van der Waals surface area contributed by atoms with Crippen LogP contribution in [0.4, 0.5) is 0 Å². The zero-order valence-corrected chi connectivity index (χ0v) is 16.1. The van der Waals surface area contributed by atoms with Crippen LogP contribution >= 0.6 is 38.6 Å². The first-order valence-corrected chi connectivity index (χ1v) is 10.0. The van der Waals surface area contributed by atoms with Crippen molar-refractivity contribution in [3.05, 3.63) is 68.6 Å². The number of thiophene rings is 2. The zero-order chi connectivity index (χ0) is 17.4. The minimum Gasteiger partial charge on any atom is -0.364 e. The second kappa shape index (κ2) is 6.67. The smallest absolute Gasteiger partial charge is 0.270 e. The molecule has 7 heteroatoms. The van der Waals surface area contributed by atoms with Crippen LogP contribution in [0.1, 0.15) is 21.7 Å². The fourth-order valence-electron chi connectivity index (χ4n) is 2.63. The molecule has 0 radical (unpaired) electrons. The van der Waals surface area contributed by atoms with E-state index in [0.29, 0.717) is 6.42 Å². The van der Waals surface area contributed by atoms with E-state index >= 15 is 0 Å². The molecule has 0 saturated heterocycles.